The van der Waals surface area contributed by atoms with Gasteiger partial charge in [-0.15, -0.1) is 6.42 Å². The van der Waals surface area contributed by atoms with Gasteiger partial charge < -0.3 is 39.5 Å². The largest absolute Gasteiger partial charge is 0.508 e. The van der Waals surface area contributed by atoms with Crippen LogP contribution in [0.15, 0.2) is 24.3 Å². The zero-order chi connectivity index (χ0) is 42.3. The fourth-order valence-electron chi connectivity index (χ4n) is 10.1. The summed E-state index contributed by atoms with van der Waals surface area (Å²) < 4.78 is 50.7. The number of aromatic hydroxyl groups is 1. The van der Waals surface area contributed by atoms with Gasteiger partial charge in [-0.2, -0.15) is 9.97 Å². The van der Waals surface area contributed by atoms with Gasteiger partial charge in [-0.3, -0.25) is 4.90 Å². The number of ether oxygens (including phenoxy) is 3. The number of phenols is 1. The van der Waals surface area contributed by atoms with Crippen LogP contribution in [-0.4, -0.2) is 125 Å². The predicted octanol–water partition coefficient (Wildman–Crippen LogP) is 6.25. The van der Waals surface area contributed by atoms with Crippen molar-refractivity contribution in [3.8, 4) is 41.2 Å². The van der Waals surface area contributed by atoms with Gasteiger partial charge in [-0.05, 0) is 95.3 Å². The van der Waals surface area contributed by atoms with Crippen molar-refractivity contribution in [1.82, 2.24) is 30.1 Å². The Bertz CT molecular complexity index is 2310. The summed E-state index contributed by atoms with van der Waals surface area (Å²) in [5, 5.41) is 25.8. The van der Waals surface area contributed by atoms with E-state index in [-0.39, 0.29) is 93.8 Å². The number of amides is 2. The molecule has 4 aromatic rings. The number of piperidine rings is 2. The lowest BCUT2D eigenvalue weighted by molar-refractivity contribution is -0.0124. The molecule has 3 N–H and O–H groups in total. The number of likely N-dealkylation sites (tertiary alicyclic amines) is 2. The molecule has 1 aliphatic carbocycles. The Morgan fingerprint density at radius 3 is 2.62 bits per heavy atom. The molecule has 8 rings (SSSR count). The molecule has 3 aliphatic heterocycles. The smallest absolute Gasteiger partial charge is 0.319 e. The second-order valence-corrected chi connectivity index (χ2v) is 17.7. The molecule has 3 unspecified atom stereocenters. The van der Waals surface area contributed by atoms with Crippen LogP contribution in [0.25, 0.3) is 32.9 Å². The lowest BCUT2D eigenvalue weighted by Gasteiger charge is -2.47. The minimum absolute atomic E-state index is 0.00842. The molecule has 0 radical (unpaired) electrons. The number of anilines is 1. The number of hydrogen-bond donors (Lipinski definition) is 3. The first kappa shape index (κ1) is 41.7. The van der Waals surface area contributed by atoms with E-state index < -0.39 is 17.2 Å². The number of phenolic OH excluding ortho intramolecular Hbond substituents is 1. The topological polar surface area (TPSA) is 146 Å². The summed E-state index contributed by atoms with van der Waals surface area (Å²) in [4.78, 5) is 33.2. The quantitative estimate of drug-likeness (QED) is 0.165. The number of halogens is 2. The number of nitrogens with one attached hydrogen (secondary N) is 1. The van der Waals surface area contributed by atoms with Crippen LogP contribution in [0.2, 0.25) is 0 Å². The SMILES string of the molecule is C#Cc1c(F)ccc2cc(O)cc(-c3nc(OC)c4c(N5CCOCC(C)(O)C5)nc(OCC56CCCC5N(CC5CCN(C(=O)NC(C)C)CC5)CCC6)nc4c3F)c12. The third kappa shape index (κ3) is 8.09. The highest BCUT2D eigenvalue weighted by molar-refractivity contribution is 6.04. The average molecular weight is 828 g/mol. The molecule has 13 nitrogen and oxygen atoms in total. The van der Waals surface area contributed by atoms with E-state index in [9.17, 15) is 15.0 Å². The Morgan fingerprint density at radius 2 is 1.87 bits per heavy atom. The van der Waals surface area contributed by atoms with Gasteiger partial charge in [0.2, 0.25) is 5.88 Å². The molecule has 3 saturated heterocycles. The number of urea groups is 1. The summed E-state index contributed by atoms with van der Waals surface area (Å²) >= 11 is 0. The van der Waals surface area contributed by atoms with Crippen molar-refractivity contribution in [3.05, 3.63) is 41.5 Å². The molecule has 2 amide bonds. The first-order valence-corrected chi connectivity index (χ1v) is 21.1. The summed E-state index contributed by atoms with van der Waals surface area (Å²) in [6.45, 7) is 10.2. The van der Waals surface area contributed by atoms with Crippen molar-refractivity contribution < 1.29 is 38.0 Å². The van der Waals surface area contributed by atoms with Gasteiger partial charge in [0.25, 0.3) is 0 Å². The number of aromatic nitrogens is 3. The number of terminal acetylenes is 1. The lowest BCUT2D eigenvalue weighted by atomic mass is 9.75. The van der Waals surface area contributed by atoms with Gasteiger partial charge in [0.05, 0.1) is 39.0 Å². The first-order valence-electron chi connectivity index (χ1n) is 21.1. The van der Waals surface area contributed by atoms with Crippen LogP contribution in [0.4, 0.5) is 19.4 Å². The normalized spacial score (nSPS) is 24.1. The molecule has 60 heavy (non-hydrogen) atoms. The highest BCUT2D eigenvalue weighted by Crippen LogP contribution is 2.49. The number of carbonyl (C=O) groups excluding carboxylic acids is 1. The van der Waals surface area contributed by atoms with Gasteiger partial charge >= 0.3 is 12.0 Å². The van der Waals surface area contributed by atoms with Crippen molar-refractivity contribution in [2.45, 2.75) is 83.4 Å². The van der Waals surface area contributed by atoms with Gasteiger partial charge in [0.1, 0.15) is 39.6 Å². The number of rotatable bonds is 9. The third-order valence-corrected chi connectivity index (χ3v) is 12.8. The second-order valence-electron chi connectivity index (χ2n) is 17.7. The summed E-state index contributed by atoms with van der Waals surface area (Å²) in [6.07, 6.45) is 12.8. The fraction of sp³-hybridized carbons (Fsp3) is 0.556. The zero-order valence-corrected chi connectivity index (χ0v) is 34.9. The number of methoxy groups -OCH3 is 1. The van der Waals surface area contributed by atoms with E-state index in [1.54, 1.807) is 11.8 Å². The highest BCUT2D eigenvalue weighted by Gasteiger charge is 2.49. The fourth-order valence-corrected chi connectivity index (χ4v) is 10.1. The number of hydrogen-bond acceptors (Lipinski definition) is 11. The number of fused-ring (bicyclic) bond motifs is 3. The number of aliphatic hydroxyl groups is 1. The minimum Gasteiger partial charge on any atom is -0.508 e. The van der Waals surface area contributed by atoms with Crippen molar-refractivity contribution in [2.24, 2.45) is 11.3 Å². The minimum atomic E-state index is -1.26. The maximum atomic E-state index is 17.4. The molecule has 4 aliphatic rings. The Balaban J connectivity index is 1.15. The van der Waals surface area contributed by atoms with Gasteiger partial charge in [0, 0.05) is 54.6 Å². The molecule has 1 saturated carbocycles. The molecule has 0 bridgehead atoms. The zero-order valence-electron chi connectivity index (χ0n) is 34.9. The van der Waals surface area contributed by atoms with Crippen molar-refractivity contribution >= 4 is 33.5 Å². The van der Waals surface area contributed by atoms with E-state index in [2.05, 4.69) is 21.1 Å². The molecule has 15 heteroatoms. The molecule has 2 aromatic heterocycles. The molecular weight excluding hydrogens is 773 g/mol. The summed E-state index contributed by atoms with van der Waals surface area (Å²) in [5.74, 6) is 1.36. The predicted molar refractivity (Wildman–Crippen MR) is 224 cm³/mol. The van der Waals surface area contributed by atoms with E-state index in [1.807, 2.05) is 18.7 Å². The van der Waals surface area contributed by atoms with E-state index in [4.69, 9.17) is 30.6 Å². The van der Waals surface area contributed by atoms with Crippen LogP contribution in [-0.2, 0) is 4.74 Å². The Hall–Kier alpha value is -5.04. The average Bonchev–Trinajstić information content (AvgIpc) is 3.57. The van der Waals surface area contributed by atoms with Crippen molar-refractivity contribution in [3.63, 3.8) is 0 Å². The Kier molecular flexibility index (Phi) is 11.7. The standard InChI is InChI=1S/C45H55F2N7O6/c1-6-31-33(46)11-10-29-21-30(55)22-32(35(29)31)38-37(47)39-36(41(49-38)58-5)40(54-19-20-59-25-44(4,57)24-54)51-42(50-39)60-26-45-14-7-9-34(45)53(16-8-15-45)23-28-12-17-52(18-13-28)43(56)48-27(2)3/h1,10-11,21-22,27-28,34,55,57H,7-9,12-20,23-26H2,2-5H3,(H,48,56). The summed E-state index contributed by atoms with van der Waals surface area (Å²) in [6, 6.07) is 5.75. The molecule has 320 valence electrons. The number of nitrogens with zero attached hydrogens (tertiary/aromatic N) is 6. The molecule has 5 heterocycles. The van der Waals surface area contributed by atoms with Crippen molar-refractivity contribution in [2.75, 3.05) is 71.1 Å². The molecule has 0 spiro atoms. The second kappa shape index (κ2) is 16.8. The first-order chi connectivity index (χ1) is 28.8. The van der Waals surface area contributed by atoms with E-state index in [1.165, 1.54) is 31.4 Å². The van der Waals surface area contributed by atoms with E-state index in [0.29, 0.717) is 30.5 Å². The number of carbonyl (C=O) groups is 1. The van der Waals surface area contributed by atoms with E-state index >= 15 is 8.78 Å². The maximum absolute atomic E-state index is 17.4. The van der Waals surface area contributed by atoms with Gasteiger partial charge in [0.15, 0.2) is 5.82 Å². The molecule has 4 fully saturated rings. The number of benzene rings is 2. The molecule has 3 atom stereocenters. The van der Waals surface area contributed by atoms with Crippen LogP contribution in [0.1, 0.15) is 71.3 Å². The maximum Gasteiger partial charge on any atom is 0.319 e. The summed E-state index contributed by atoms with van der Waals surface area (Å²) in [5.41, 5.74) is -1.88. The van der Waals surface area contributed by atoms with Crippen LogP contribution >= 0.6 is 0 Å². The van der Waals surface area contributed by atoms with E-state index in [0.717, 1.165) is 71.1 Å². The lowest BCUT2D eigenvalue weighted by Crippen LogP contribution is -2.54. The van der Waals surface area contributed by atoms with Crippen molar-refractivity contribution in [1.29, 1.82) is 0 Å². The third-order valence-electron chi connectivity index (χ3n) is 12.8. The van der Waals surface area contributed by atoms with Crippen LogP contribution in [0.5, 0.6) is 17.6 Å². The van der Waals surface area contributed by atoms with Crippen LogP contribution in [0.3, 0.4) is 0 Å². The Morgan fingerprint density at radius 1 is 1.08 bits per heavy atom. The number of pyridine rings is 1. The number of β-amino-alcohol motifs (C(OH)–C–C–N with tert-alkyl or cyclic N) is 1. The van der Waals surface area contributed by atoms with Crippen LogP contribution < -0.4 is 19.7 Å². The monoisotopic (exact) mass is 827 g/mol. The molecular formula is C45H55F2N7O6. The Labute approximate surface area is 349 Å². The highest BCUT2D eigenvalue weighted by atomic mass is 19.1. The van der Waals surface area contributed by atoms with Crippen LogP contribution in [0, 0.1) is 35.3 Å². The van der Waals surface area contributed by atoms with Gasteiger partial charge in [-0.25, -0.2) is 18.6 Å². The van der Waals surface area contributed by atoms with Gasteiger partial charge in [-0.1, -0.05) is 18.4 Å². The summed E-state index contributed by atoms with van der Waals surface area (Å²) in [7, 11) is 1.40. The molecule has 2 aromatic carbocycles.